The predicted molar refractivity (Wildman–Crippen MR) is 87.2 cm³/mol. The Kier molecular flexibility index (Phi) is 3.88. The third kappa shape index (κ3) is 2.77. The molecule has 1 aliphatic rings. The quantitative estimate of drug-likeness (QED) is 0.942. The zero-order chi connectivity index (χ0) is 15.0. The highest BCUT2D eigenvalue weighted by atomic mass is 32.1. The first-order chi connectivity index (χ1) is 10.0. The molecule has 2 aromatic rings. The van der Waals surface area contributed by atoms with E-state index in [-0.39, 0.29) is 5.54 Å². The molecule has 0 spiro atoms. The summed E-state index contributed by atoms with van der Waals surface area (Å²) in [4.78, 5) is 4.84. The molecular weight excluding hydrogens is 280 g/mol. The highest BCUT2D eigenvalue weighted by Crippen LogP contribution is 2.40. The van der Waals surface area contributed by atoms with E-state index >= 15 is 0 Å². The second kappa shape index (κ2) is 5.54. The Hall–Kier alpha value is -1.20. The van der Waals surface area contributed by atoms with Crippen molar-refractivity contribution in [3.8, 4) is 11.3 Å². The second-order valence-electron chi connectivity index (χ2n) is 6.35. The van der Waals surface area contributed by atoms with Crippen LogP contribution in [0.15, 0.2) is 11.6 Å². The van der Waals surface area contributed by atoms with E-state index in [1.54, 1.807) is 11.3 Å². The van der Waals surface area contributed by atoms with Crippen LogP contribution in [0.5, 0.6) is 0 Å². The number of aromatic nitrogens is 3. The van der Waals surface area contributed by atoms with Crippen LogP contribution in [0.4, 0.5) is 0 Å². The van der Waals surface area contributed by atoms with Crippen molar-refractivity contribution < 1.29 is 0 Å². The van der Waals surface area contributed by atoms with Gasteiger partial charge in [0.1, 0.15) is 5.01 Å². The van der Waals surface area contributed by atoms with Crippen LogP contribution in [-0.4, -0.2) is 14.8 Å². The van der Waals surface area contributed by atoms with Crippen molar-refractivity contribution in [1.29, 1.82) is 0 Å². The molecule has 0 aliphatic heterocycles. The van der Waals surface area contributed by atoms with E-state index in [9.17, 15) is 0 Å². The molecule has 3 rings (SSSR count). The number of thiazole rings is 1. The Bertz CT molecular complexity index is 620. The molecular formula is C16H24N4S. The molecule has 0 atom stereocenters. The number of nitrogens with two attached hydrogens (primary N) is 1. The molecule has 5 heteroatoms. The molecule has 0 bridgehead atoms. The van der Waals surface area contributed by atoms with Crippen molar-refractivity contribution in [2.45, 2.75) is 51.5 Å². The van der Waals surface area contributed by atoms with E-state index < -0.39 is 0 Å². The van der Waals surface area contributed by atoms with Crippen LogP contribution in [0, 0.1) is 12.8 Å². The molecule has 1 saturated carbocycles. The van der Waals surface area contributed by atoms with E-state index in [2.05, 4.69) is 17.4 Å². The molecule has 21 heavy (non-hydrogen) atoms. The lowest BCUT2D eigenvalue weighted by atomic mass is 9.76. The van der Waals surface area contributed by atoms with Gasteiger partial charge >= 0.3 is 0 Å². The lowest BCUT2D eigenvalue weighted by Crippen LogP contribution is -2.40. The maximum Gasteiger partial charge on any atom is 0.113 e. The number of rotatable bonds is 3. The SMILES string of the molecule is CCC1CCC(N)(c2nc(-c3cn(C)nc3C)cs2)CC1. The Labute approximate surface area is 130 Å². The Morgan fingerprint density at radius 3 is 2.71 bits per heavy atom. The summed E-state index contributed by atoms with van der Waals surface area (Å²) in [5.41, 5.74) is 9.60. The van der Waals surface area contributed by atoms with Crippen molar-refractivity contribution in [3.63, 3.8) is 0 Å². The van der Waals surface area contributed by atoms with Crippen LogP contribution >= 0.6 is 11.3 Å². The van der Waals surface area contributed by atoms with E-state index in [4.69, 9.17) is 10.7 Å². The summed E-state index contributed by atoms with van der Waals surface area (Å²) in [6.07, 6.45) is 7.88. The van der Waals surface area contributed by atoms with Gasteiger partial charge < -0.3 is 5.73 Å². The van der Waals surface area contributed by atoms with Crippen molar-refractivity contribution in [2.75, 3.05) is 0 Å². The lowest BCUT2D eigenvalue weighted by Gasteiger charge is -2.35. The molecule has 1 fully saturated rings. The maximum absolute atomic E-state index is 6.66. The summed E-state index contributed by atoms with van der Waals surface area (Å²) in [5.74, 6) is 0.849. The van der Waals surface area contributed by atoms with Crippen LogP contribution in [0.2, 0.25) is 0 Å². The molecule has 1 aliphatic carbocycles. The maximum atomic E-state index is 6.66. The van der Waals surface area contributed by atoms with Crippen LogP contribution in [0.3, 0.4) is 0 Å². The molecule has 0 radical (unpaired) electrons. The van der Waals surface area contributed by atoms with Crippen LogP contribution < -0.4 is 5.73 Å². The summed E-state index contributed by atoms with van der Waals surface area (Å²) in [7, 11) is 1.94. The smallest absolute Gasteiger partial charge is 0.113 e. The summed E-state index contributed by atoms with van der Waals surface area (Å²) in [6, 6.07) is 0. The van der Waals surface area contributed by atoms with Gasteiger partial charge in [0, 0.05) is 24.2 Å². The van der Waals surface area contributed by atoms with Gasteiger partial charge in [-0.2, -0.15) is 5.10 Å². The van der Waals surface area contributed by atoms with Gasteiger partial charge in [-0.25, -0.2) is 4.98 Å². The summed E-state index contributed by atoms with van der Waals surface area (Å²) < 4.78 is 1.84. The van der Waals surface area contributed by atoms with Gasteiger partial charge in [0.05, 0.1) is 16.9 Å². The van der Waals surface area contributed by atoms with E-state index in [0.29, 0.717) is 0 Å². The highest BCUT2D eigenvalue weighted by Gasteiger charge is 2.35. The average Bonchev–Trinajstić information content (AvgIpc) is 3.06. The van der Waals surface area contributed by atoms with Gasteiger partial charge in [-0.15, -0.1) is 11.3 Å². The first-order valence-corrected chi connectivity index (χ1v) is 8.65. The second-order valence-corrected chi connectivity index (χ2v) is 7.21. The first kappa shape index (κ1) is 14.7. The Morgan fingerprint density at radius 1 is 1.43 bits per heavy atom. The monoisotopic (exact) mass is 304 g/mol. The number of hydrogen-bond donors (Lipinski definition) is 1. The Balaban J connectivity index is 1.83. The summed E-state index contributed by atoms with van der Waals surface area (Å²) >= 11 is 1.70. The van der Waals surface area contributed by atoms with Gasteiger partial charge in [-0.05, 0) is 38.5 Å². The van der Waals surface area contributed by atoms with Crippen molar-refractivity contribution in [3.05, 3.63) is 22.3 Å². The first-order valence-electron chi connectivity index (χ1n) is 7.77. The molecule has 4 nitrogen and oxygen atoms in total. The number of hydrogen-bond acceptors (Lipinski definition) is 4. The van der Waals surface area contributed by atoms with Crippen LogP contribution in [-0.2, 0) is 12.6 Å². The van der Waals surface area contributed by atoms with Crippen molar-refractivity contribution in [2.24, 2.45) is 18.7 Å². The van der Waals surface area contributed by atoms with Gasteiger partial charge in [0.25, 0.3) is 0 Å². The lowest BCUT2D eigenvalue weighted by molar-refractivity contribution is 0.231. The molecule has 2 N–H and O–H groups in total. The van der Waals surface area contributed by atoms with E-state index in [1.807, 2.05) is 24.9 Å². The molecule has 2 heterocycles. The largest absolute Gasteiger partial charge is 0.319 e. The van der Waals surface area contributed by atoms with Crippen LogP contribution in [0.25, 0.3) is 11.3 Å². The van der Waals surface area contributed by atoms with E-state index in [0.717, 1.165) is 40.7 Å². The third-order valence-corrected chi connectivity index (χ3v) is 5.86. The normalized spacial score (nSPS) is 26.2. The fraction of sp³-hybridized carbons (Fsp3) is 0.625. The topological polar surface area (TPSA) is 56.7 Å². The minimum atomic E-state index is -0.218. The van der Waals surface area contributed by atoms with Gasteiger partial charge in [-0.1, -0.05) is 13.3 Å². The minimum Gasteiger partial charge on any atom is -0.319 e. The molecule has 0 saturated heterocycles. The van der Waals surface area contributed by atoms with Crippen LogP contribution in [0.1, 0.15) is 49.7 Å². The fourth-order valence-electron chi connectivity index (χ4n) is 3.29. The number of nitrogens with zero attached hydrogens (tertiary/aromatic N) is 3. The fourth-order valence-corrected chi connectivity index (χ4v) is 4.28. The zero-order valence-electron chi connectivity index (χ0n) is 13.1. The standard InChI is InChI=1S/C16H24N4S/c1-4-12-5-7-16(17,8-6-12)15-18-14(10-21-15)13-9-20(3)19-11(13)2/h9-10,12H,4-8,17H2,1-3H3. The summed E-state index contributed by atoms with van der Waals surface area (Å²) in [5, 5.41) is 7.62. The zero-order valence-corrected chi connectivity index (χ0v) is 13.9. The predicted octanol–water partition coefficient (Wildman–Crippen LogP) is 3.61. The molecule has 0 amide bonds. The van der Waals surface area contributed by atoms with Gasteiger partial charge in [0.15, 0.2) is 0 Å². The molecule has 0 aromatic carbocycles. The Morgan fingerprint density at radius 2 is 2.14 bits per heavy atom. The minimum absolute atomic E-state index is 0.218. The average molecular weight is 304 g/mol. The van der Waals surface area contributed by atoms with E-state index in [1.165, 1.54) is 19.3 Å². The molecule has 2 aromatic heterocycles. The third-order valence-electron chi connectivity index (χ3n) is 4.79. The number of aryl methyl sites for hydroxylation is 2. The van der Waals surface area contributed by atoms with Gasteiger partial charge in [-0.3, -0.25) is 4.68 Å². The summed E-state index contributed by atoms with van der Waals surface area (Å²) in [6.45, 7) is 4.31. The van der Waals surface area contributed by atoms with Crippen molar-refractivity contribution in [1.82, 2.24) is 14.8 Å². The molecule has 0 unspecified atom stereocenters. The molecule has 114 valence electrons. The van der Waals surface area contributed by atoms with Gasteiger partial charge in [0.2, 0.25) is 0 Å². The highest BCUT2D eigenvalue weighted by molar-refractivity contribution is 7.10. The van der Waals surface area contributed by atoms with Crippen molar-refractivity contribution >= 4 is 11.3 Å².